The van der Waals surface area contributed by atoms with Crippen molar-refractivity contribution < 1.29 is 13.9 Å². The van der Waals surface area contributed by atoms with E-state index in [1.165, 1.54) is 30.7 Å². The Bertz CT molecular complexity index is 1120. The van der Waals surface area contributed by atoms with Crippen LogP contribution in [0.2, 0.25) is 0 Å². The summed E-state index contributed by atoms with van der Waals surface area (Å²) in [5, 5.41) is 4.68. The van der Waals surface area contributed by atoms with Crippen molar-refractivity contribution in [1.82, 2.24) is 14.7 Å². The fourth-order valence-corrected chi connectivity index (χ4v) is 4.69. The van der Waals surface area contributed by atoms with Gasteiger partial charge in [0.15, 0.2) is 5.69 Å². The fourth-order valence-electron chi connectivity index (χ4n) is 4.69. The summed E-state index contributed by atoms with van der Waals surface area (Å²) in [4.78, 5) is 17.5. The largest absolute Gasteiger partial charge is 0.376 e. The molecule has 0 spiro atoms. The summed E-state index contributed by atoms with van der Waals surface area (Å²) >= 11 is 0. The number of nitrogens with zero attached hydrogens (tertiary/aromatic N) is 4. The highest BCUT2D eigenvalue weighted by Crippen LogP contribution is 2.24. The number of carbonyl (C=O) groups is 1. The van der Waals surface area contributed by atoms with E-state index in [9.17, 15) is 9.18 Å². The van der Waals surface area contributed by atoms with Gasteiger partial charge in [0.05, 0.1) is 19.8 Å². The summed E-state index contributed by atoms with van der Waals surface area (Å²) < 4.78 is 20.8. The third-order valence-corrected chi connectivity index (χ3v) is 6.52. The SMILES string of the molecule is CN(Cc1ccc(N2CCCC2)cc1)C(=O)c1nn(Cc2ccc(F)cc2)c2c1COCC2. The summed E-state index contributed by atoms with van der Waals surface area (Å²) in [6.45, 7) is 4.24. The molecule has 33 heavy (non-hydrogen) atoms. The molecule has 172 valence electrons. The topological polar surface area (TPSA) is 50.6 Å². The average molecular weight is 449 g/mol. The van der Waals surface area contributed by atoms with E-state index in [-0.39, 0.29) is 11.7 Å². The summed E-state index contributed by atoms with van der Waals surface area (Å²) in [6, 6.07) is 14.9. The van der Waals surface area contributed by atoms with E-state index < -0.39 is 0 Å². The van der Waals surface area contributed by atoms with Gasteiger partial charge < -0.3 is 14.5 Å². The number of aromatic nitrogens is 2. The second-order valence-electron chi connectivity index (χ2n) is 8.88. The summed E-state index contributed by atoms with van der Waals surface area (Å²) in [5.74, 6) is -0.376. The molecule has 2 aliphatic rings. The molecule has 2 aromatic carbocycles. The predicted octanol–water partition coefficient (Wildman–Crippen LogP) is 4.02. The molecule has 3 heterocycles. The number of amides is 1. The molecule has 3 aromatic rings. The summed E-state index contributed by atoms with van der Waals surface area (Å²) in [7, 11) is 1.81. The third kappa shape index (κ3) is 4.64. The molecule has 5 rings (SSSR count). The minimum Gasteiger partial charge on any atom is -0.376 e. The number of anilines is 1. The normalized spacial score (nSPS) is 15.5. The third-order valence-electron chi connectivity index (χ3n) is 6.52. The first-order chi connectivity index (χ1) is 16.1. The fraction of sp³-hybridized carbons (Fsp3) is 0.385. The minimum absolute atomic E-state index is 0.113. The number of rotatable bonds is 6. The van der Waals surface area contributed by atoms with E-state index in [2.05, 4.69) is 34.3 Å². The van der Waals surface area contributed by atoms with E-state index in [0.717, 1.165) is 35.5 Å². The molecular weight excluding hydrogens is 419 g/mol. The Kier molecular flexibility index (Phi) is 6.13. The second kappa shape index (κ2) is 9.35. The number of halogens is 1. The van der Waals surface area contributed by atoms with Crippen LogP contribution >= 0.6 is 0 Å². The predicted molar refractivity (Wildman–Crippen MR) is 125 cm³/mol. The lowest BCUT2D eigenvalue weighted by Crippen LogP contribution is -2.28. The number of carbonyl (C=O) groups excluding carboxylic acids is 1. The van der Waals surface area contributed by atoms with Gasteiger partial charge in [0.25, 0.3) is 5.91 Å². The molecule has 0 radical (unpaired) electrons. The molecule has 1 saturated heterocycles. The Balaban J connectivity index is 1.33. The molecule has 2 aliphatic heterocycles. The molecule has 0 N–H and O–H groups in total. The van der Waals surface area contributed by atoms with Gasteiger partial charge in [0, 0.05) is 50.0 Å². The molecule has 7 heteroatoms. The smallest absolute Gasteiger partial charge is 0.274 e. The Hall–Kier alpha value is -3.19. The number of hydrogen-bond acceptors (Lipinski definition) is 4. The van der Waals surface area contributed by atoms with E-state index in [0.29, 0.717) is 38.4 Å². The van der Waals surface area contributed by atoms with Crippen LogP contribution in [0.5, 0.6) is 0 Å². The van der Waals surface area contributed by atoms with Gasteiger partial charge in [-0.1, -0.05) is 24.3 Å². The van der Waals surface area contributed by atoms with Gasteiger partial charge in [0.2, 0.25) is 0 Å². The van der Waals surface area contributed by atoms with Gasteiger partial charge in [-0.2, -0.15) is 5.10 Å². The molecule has 0 aliphatic carbocycles. The monoisotopic (exact) mass is 448 g/mol. The van der Waals surface area contributed by atoms with Crippen molar-refractivity contribution in [2.45, 2.75) is 39.0 Å². The maximum absolute atomic E-state index is 13.3. The maximum Gasteiger partial charge on any atom is 0.274 e. The Morgan fingerprint density at radius 1 is 1.06 bits per heavy atom. The lowest BCUT2D eigenvalue weighted by Gasteiger charge is -2.20. The van der Waals surface area contributed by atoms with Crippen molar-refractivity contribution in [2.75, 3.05) is 31.6 Å². The standard InChI is InChI=1S/C26H29FN4O2/c1-29(16-19-6-10-22(11-7-19)30-13-2-3-14-30)26(32)25-23-18-33-15-12-24(23)31(28-25)17-20-4-8-21(27)9-5-20/h4-11H,2-3,12-18H2,1H3. The quantitative estimate of drug-likeness (QED) is 0.572. The van der Waals surface area contributed by atoms with Gasteiger partial charge in [-0.25, -0.2) is 4.39 Å². The van der Waals surface area contributed by atoms with Crippen LogP contribution in [0.25, 0.3) is 0 Å². The molecule has 0 saturated carbocycles. The van der Waals surface area contributed by atoms with Crippen molar-refractivity contribution in [3.8, 4) is 0 Å². The molecule has 1 fully saturated rings. The minimum atomic E-state index is -0.263. The highest BCUT2D eigenvalue weighted by Gasteiger charge is 2.27. The van der Waals surface area contributed by atoms with Crippen molar-refractivity contribution in [3.05, 3.63) is 82.4 Å². The first-order valence-electron chi connectivity index (χ1n) is 11.6. The van der Waals surface area contributed by atoms with E-state index in [4.69, 9.17) is 4.74 Å². The average Bonchev–Trinajstić information content (AvgIpc) is 3.50. The molecule has 6 nitrogen and oxygen atoms in total. The molecular formula is C26H29FN4O2. The molecule has 1 aromatic heterocycles. The second-order valence-corrected chi connectivity index (χ2v) is 8.88. The maximum atomic E-state index is 13.3. The van der Waals surface area contributed by atoms with Gasteiger partial charge in [-0.05, 0) is 48.2 Å². The van der Waals surface area contributed by atoms with Crippen molar-refractivity contribution in [2.24, 2.45) is 0 Å². The van der Waals surface area contributed by atoms with E-state index in [1.54, 1.807) is 17.0 Å². The zero-order chi connectivity index (χ0) is 22.8. The molecule has 1 amide bonds. The zero-order valence-corrected chi connectivity index (χ0v) is 19.0. The van der Waals surface area contributed by atoms with Crippen molar-refractivity contribution >= 4 is 11.6 Å². The van der Waals surface area contributed by atoms with Crippen molar-refractivity contribution in [1.29, 1.82) is 0 Å². The van der Waals surface area contributed by atoms with Crippen LogP contribution in [0, 0.1) is 5.82 Å². The first-order valence-corrected chi connectivity index (χ1v) is 11.6. The van der Waals surface area contributed by atoms with E-state index in [1.807, 2.05) is 11.7 Å². The van der Waals surface area contributed by atoms with Crippen LogP contribution in [0.3, 0.4) is 0 Å². The van der Waals surface area contributed by atoms with Crippen LogP contribution in [-0.2, 0) is 30.9 Å². The van der Waals surface area contributed by atoms with Crippen LogP contribution in [0.4, 0.5) is 10.1 Å². The van der Waals surface area contributed by atoms with Gasteiger partial charge in [0.1, 0.15) is 5.82 Å². The number of ether oxygens (including phenoxy) is 1. The van der Waals surface area contributed by atoms with Gasteiger partial charge >= 0.3 is 0 Å². The van der Waals surface area contributed by atoms with Gasteiger partial charge in [-0.3, -0.25) is 9.48 Å². The van der Waals surface area contributed by atoms with Crippen LogP contribution in [-0.4, -0.2) is 47.3 Å². The molecule has 0 bridgehead atoms. The number of hydrogen-bond donors (Lipinski definition) is 0. The zero-order valence-electron chi connectivity index (χ0n) is 19.0. The lowest BCUT2D eigenvalue weighted by atomic mass is 10.1. The molecule has 0 atom stereocenters. The number of fused-ring (bicyclic) bond motifs is 1. The Morgan fingerprint density at radius 2 is 1.76 bits per heavy atom. The first kappa shape index (κ1) is 21.6. The summed E-state index contributed by atoms with van der Waals surface area (Å²) in [5.41, 5.74) is 5.61. The highest BCUT2D eigenvalue weighted by atomic mass is 19.1. The van der Waals surface area contributed by atoms with E-state index >= 15 is 0 Å². The number of benzene rings is 2. The van der Waals surface area contributed by atoms with Gasteiger partial charge in [-0.15, -0.1) is 0 Å². The Labute approximate surface area is 193 Å². The van der Waals surface area contributed by atoms with Crippen molar-refractivity contribution in [3.63, 3.8) is 0 Å². The highest BCUT2D eigenvalue weighted by molar-refractivity contribution is 5.94. The summed E-state index contributed by atoms with van der Waals surface area (Å²) in [6.07, 6.45) is 3.21. The van der Waals surface area contributed by atoms with Crippen LogP contribution in [0.1, 0.15) is 45.7 Å². The lowest BCUT2D eigenvalue weighted by molar-refractivity contribution is 0.0764. The molecule has 0 unspecified atom stereocenters. The van der Waals surface area contributed by atoms with Crippen LogP contribution < -0.4 is 4.90 Å². The van der Waals surface area contributed by atoms with Crippen LogP contribution in [0.15, 0.2) is 48.5 Å². The Morgan fingerprint density at radius 3 is 2.48 bits per heavy atom.